The molecule has 14 heavy (non-hydrogen) atoms. The third-order valence-electron chi connectivity index (χ3n) is 2.10. The first-order chi connectivity index (χ1) is 6.67. The predicted molar refractivity (Wildman–Crippen MR) is 56.9 cm³/mol. The normalized spacial score (nSPS) is 12.2. The van der Waals surface area contributed by atoms with E-state index in [0.29, 0.717) is 11.3 Å². The zero-order valence-electron chi connectivity index (χ0n) is 8.59. The Bertz CT molecular complexity index is 320. The molecule has 0 spiro atoms. The fourth-order valence-corrected chi connectivity index (χ4v) is 1.07. The van der Waals surface area contributed by atoms with Gasteiger partial charge in [-0.25, -0.2) is 4.39 Å². The molecule has 1 aromatic rings. The molecule has 0 aliphatic rings. The summed E-state index contributed by atoms with van der Waals surface area (Å²) in [5.41, 5.74) is 0.478. The molecule has 0 aromatic heterocycles. The van der Waals surface area contributed by atoms with Gasteiger partial charge < -0.3 is 4.74 Å². The number of halogens is 1. The fraction of sp³-hybridized carbons (Fsp3) is 0.333. The van der Waals surface area contributed by atoms with Crippen molar-refractivity contribution in [1.82, 2.24) is 0 Å². The molecule has 0 N–H and O–H groups in total. The second-order valence-corrected chi connectivity index (χ2v) is 3.22. The Hall–Kier alpha value is -1.31. The van der Waals surface area contributed by atoms with Crippen molar-refractivity contribution < 1.29 is 9.13 Å². The first-order valence-corrected chi connectivity index (χ1v) is 4.76. The number of hydrogen-bond acceptors (Lipinski definition) is 1. The van der Waals surface area contributed by atoms with Crippen molar-refractivity contribution in [2.75, 3.05) is 0 Å². The Balaban J connectivity index is 2.84. The summed E-state index contributed by atoms with van der Waals surface area (Å²) in [6.07, 6.45) is 2.57. The molecule has 1 atom stereocenters. The molecule has 1 aromatic carbocycles. The maximum atomic E-state index is 13.1. The van der Waals surface area contributed by atoms with Crippen LogP contribution in [0.5, 0.6) is 5.75 Å². The van der Waals surface area contributed by atoms with Crippen LogP contribution in [0, 0.1) is 5.82 Å². The van der Waals surface area contributed by atoms with E-state index in [0.717, 1.165) is 6.42 Å². The maximum absolute atomic E-state index is 13.1. The van der Waals surface area contributed by atoms with Crippen molar-refractivity contribution in [1.29, 1.82) is 0 Å². The second kappa shape index (κ2) is 4.80. The van der Waals surface area contributed by atoms with Gasteiger partial charge in [0.05, 0.1) is 6.10 Å². The molecular formula is C12H15FO. The van der Waals surface area contributed by atoms with Crippen molar-refractivity contribution in [2.45, 2.75) is 26.4 Å². The molecule has 1 rings (SSSR count). The van der Waals surface area contributed by atoms with Gasteiger partial charge in [-0.15, -0.1) is 0 Å². The number of rotatable bonds is 4. The van der Waals surface area contributed by atoms with Crippen molar-refractivity contribution in [3.05, 3.63) is 36.2 Å². The highest BCUT2D eigenvalue weighted by molar-refractivity contribution is 5.50. The van der Waals surface area contributed by atoms with Gasteiger partial charge in [-0.3, -0.25) is 0 Å². The molecule has 0 saturated carbocycles. The second-order valence-electron chi connectivity index (χ2n) is 3.22. The topological polar surface area (TPSA) is 9.23 Å². The lowest BCUT2D eigenvalue weighted by molar-refractivity contribution is 0.217. The largest absolute Gasteiger partial charge is 0.491 e. The number of ether oxygens (including phenoxy) is 1. The molecule has 1 unspecified atom stereocenters. The van der Waals surface area contributed by atoms with Crippen LogP contribution in [0.15, 0.2) is 24.8 Å². The highest BCUT2D eigenvalue weighted by Crippen LogP contribution is 2.19. The first kappa shape index (κ1) is 10.8. The minimum Gasteiger partial charge on any atom is -0.491 e. The minimum atomic E-state index is -0.267. The van der Waals surface area contributed by atoms with Crippen LogP contribution < -0.4 is 4.74 Å². The van der Waals surface area contributed by atoms with Crippen molar-refractivity contribution in [3.63, 3.8) is 0 Å². The Kier molecular flexibility index (Phi) is 3.69. The average Bonchev–Trinajstić information content (AvgIpc) is 2.20. The van der Waals surface area contributed by atoms with Gasteiger partial charge in [0.2, 0.25) is 0 Å². The molecule has 0 aliphatic carbocycles. The summed E-state index contributed by atoms with van der Waals surface area (Å²) < 4.78 is 18.6. The van der Waals surface area contributed by atoms with Crippen LogP contribution in [0.25, 0.3) is 6.08 Å². The Morgan fingerprint density at radius 3 is 2.86 bits per heavy atom. The highest BCUT2D eigenvalue weighted by Gasteiger charge is 2.04. The van der Waals surface area contributed by atoms with E-state index in [1.165, 1.54) is 12.1 Å². The zero-order valence-corrected chi connectivity index (χ0v) is 8.59. The van der Waals surface area contributed by atoms with Crippen LogP contribution in [0.1, 0.15) is 25.8 Å². The van der Waals surface area contributed by atoms with E-state index in [1.54, 1.807) is 12.1 Å². The van der Waals surface area contributed by atoms with Crippen LogP contribution in [-0.4, -0.2) is 6.10 Å². The van der Waals surface area contributed by atoms with Crippen molar-refractivity contribution in [2.24, 2.45) is 0 Å². The summed E-state index contributed by atoms with van der Waals surface area (Å²) in [5.74, 6) is 0.423. The fourth-order valence-electron chi connectivity index (χ4n) is 1.07. The molecule has 0 fully saturated rings. The zero-order chi connectivity index (χ0) is 10.6. The van der Waals surface area contributed by atoms with Gasteiger partial charge in [0.25, 0.3) is 0 Å². The molecule has 0 radical (unpaired) electrons. The summed E-state index contributed by atoms with van der Waals surface area (Å²) in [6, 6.07) is 4.69. The lowest BCUT2D eigenvalue weighted by Crippen LogP contribution is -2.09. The van der Waals surface area contributed by atoms with Crippen LogP contribution in [0.3, 0.4) is 0 Å². The summed E-state index contributed by atoms with van der Waals surface area (Å²) in [5, 5.41) is 0. The summed E-state index contributed by atoms with van der Waals surface area (Å²) in [6.45, 7) is 7.56. The molecule has 76 valence electrons. The summed E-state index contributed by atoms with van der Waals surface area (Å²) >= 11 is 0. The minimum absolute atomic E-state index is 0.151. The van der Waals surface area contributed by atoms with E-state index in [2.05, 4.69) is 6.58 Å². The van der Waals surface area contributed by atoms with Crippen LogP contribution in [0.4, 0.5) is 4.39 Å². The van der Waals surface area contributed by atoms with Gasteiger partial charge in [-0.2, -0.15) is 0 Å². The van der Waals surface area contributed by atoms with E-state index in [4.69, 9.17) is 4.74 Å². The third kappa shape index (κ3) is 2.59. The molecule has 0 saturated heterocycles. The molecule has 2 heteroatoms. The number of benzene rings is 1. The lowest BCUT2D eigenvalue weighted by atomic mass is 10.2. The molecular weight excluding hydrogens is 179 g/mol. The van der Waals surface area contributed by atoms with Crippen LogP contribution in [-0.2, 0) is 0 Å². The quantitative estimate of drug-likeness (QED) is 0.711. The van der Waals surface area contributed by atoms with Gasteiger partial charge in [0, 0.05) is 5.56 Å². The molecule has 0 heterocycles. The highest BCUT2D eigenvalue weighted by atomic mass is 19.1. The van der Waals surface area contributed by atoms with Crippen LogP contribution in [0.2, 0.25) is 0 Å². The maximum Gasteiger partial charge on any atom is 0.130 e. The Morgan fingerprint density at radius 2 is 2.29 bits per heavy atom. The Labute approximate surface area is 84.2 Å². The molecule has 1 nitrogen and oxygen atoms in total. The van der Waals surface area contributed by atoms with Crippen LogP contribution >= 0.6 is 0 Å². The lowest BCUT2D eigenvalue weighted by Gasteiger charge is -2.12. The third-order valence-corrected chi connectivity index (χ3v) is 2.10. The van der Waals surface area contributed by atoms with Gasteiger partial charge >= 0.3 is 0 Å². The SMILES string of the molecule is C=Cc1cc(OC(C)CC)ccc1F. The predicted octanol–water partition coefficient (Wildman–Crippen LogP) is 3.65. The van der Waals surface area contributed by atoms with Crippen molar-refractivity contribution >= 4 is 6.08 Å². The first-order valence-electron chi connectivity index (χ1n) is 4.76. The van der Waals surface area contributed by atoms with Crippen molar-refractivity contribution in [3.8, 4) is 5.75 Å². The smallest absolute Gasteiger partial charge is 0.130 e. The van der Waals surface area contributed by atoms with Gasteiger partial charge in [0.15, 0.2) is 0 Å². The van der Waals surface area contributed by atoms with E-state index in [1.807, 2.05) is 13.8 Å². The number of hydrogen-bond donors (Lipinski definition) is 0. The molecule has 0 bridgehead atoms. The summed E-state index contributed by atoms with van der Waals surface area (Å²) in [7, 11) is 0. The van der Waals surface area contributed by atoms with E-state index < -0.39 is 0 Å². The Morgan fingerprint density at radius 1 is 1.57 bits per heavy atom. The van der Waals surface area contributed by atoms with Gasteiger partial charge in [0.1, 0.15) is 11.6 Å². The summed E-state index contributed by atoms with van der Waals surface area (Å²) in [4.78, 5) is 0. The van der Waals surface area contributed by atoms with Gasteiger partial charge in [-0.1, -0.05) is 19.6 Å². The van der Waals surface area contributed by atoms with Gasteiger partial charge in [-0.05, 0) is 31.5 Å². The van der Waals surface area contributed by atoms with E-state index in [9.17, 15) is 4.39 Å². The molecule has 0 aliphatic heterocycles. The standard InChI is InChI=1S/C12H15FO/c1-4-9(3)14-11-6-7-12(13)10(5-2)8-11/h5-9H,2,4H2,1,3H3. The average molecular weight is 194 g/mol. The molecule has 0 amide bonds. The van der Waals surface area contributed by atoms with E-state index >= 15 is 0 Å². The van der Waals surface area contributed by atoms with E-state index in [-0.39, 0.29) is 11.9 Å². The monoisotopic (exact) mass is 194 g/mol.